The molecule has 2 aromatic rings. The highest BCUT2D eigenvalue weighted by molar-refractivity contribution is 5.77. The molecule has 0 unspecified atom stereocenters. The van der Waals surface area contributed by atoms with Gasteiger partial charge in [-0.25, -0.2) is 4.98 Å². The van der Waals surface area contributed by atoms with E-state index in [4.69, 9.17) is 10.5 Å². The van der Waals surface area contributed by atoms with E-state index in [-0.39, 0.29) is 0 Å². The van der Waals surface area contributed by atoms with Gasteiger partial charge in [0.25, 0.3) is 0 Å². The average molecular weight is 177 g/mol. The Labute approximate surface area is 75.9 Å². The Bertz CT molecular complexity index is 422. The molecular formula is C9H11N3O. The molecule has 0 amide bonds. The number of nitrogens with two attached hydrogens (primary N) is 1. The summed E-state index contributed by atoms with van der Waals surface area (Å²) in [6.45, 7) is 0.437. The van der Waals surface area contributed by atoms with Crippen LogP contribution in [0.25, 0.3) is 11.0 Å². The standard InChI is InChI=1S/C9H11N3O/c1-13-6-12-8-5-3-2-4-7(8)11-9(12)10/h2-5H,6H2,1H3,(H2,10,11). The van der Waals surface area contributed by atoms with Crippen molar-refractivity contribution in [1.29, 1.82) is 0 Å². The summed E-state index contributed by atoms with van der Waals surface area (Å²) in [4.78, 5) is 4.19. The Balaban J connectivity index is 2.64. The molecule has 13 heavy (non-hydrogen) atoms. The zero-order valence-corrected chi connectivity index (χ0v) is 7.40. The predicted octanol–water partition coefficient (Wildman–Crippen LogP) is 1.22. The Morgan fingerprint density at radius 3 is 3.00 bits per heavy atom. The minimum absolute atomic E-state index is 0.437. The third-order valence-corrected chi connectivity index (χ3v) is 1.94. The van der Waals surface area contributed by atoms with E-state index in [1.54, 1.807) is 7.11 Å². The van der Waals surface area contributed by atoms with Crippen LogP contribution in [0.3, 0.4) is 0 Å². The predicted molar refractivity (Wildman–Crippen MR) is 51.2 cm³/mol. The van der Waals surface area contributed by atoms with Crippen LogP contribution in [0.4, 0.5) is 5.95 Å². The first kappa shape index (κ1) is 8.07. The number of imidazole rings is 1. The number of hydrogen-bond donors (Lipinski definition) is 1. The zero-order chi connectivity index (χ0) is 9.26. The van der Waals surface area contributed by atoms with Gasteiger partial charge in [0.1, 0.15) is 6.73 Å². The van der Waals surface area contributed by atoms with E-state index in [9.17, 15) is 0 Å². The minimum atomic E-state index is 0.437. The molecule has 0 aliphatic heterocycles. The van der Waals surface area contributed by atoms with Gasteiger partial charge >= 0.3 is 0 Å². The van der Waals surface area contributed by atoms with Crippen molar-refractivity contribution >= 4 is 17.0 Å². The van der Waals surface area contributed by atoms with Gasteiger partial charge in [0.2, 0.25) is 5.95 Å². The van der Waals surface area contributed by atoms with E-state index in [0.717, 1.165) is 11.0 Å². The largest absolute Gasteiger partial charge is 0.369 e. The fourth-order valence-electron chi connectivity index (χ4n) is 1.36. The first-order valence-electron chi connectivity index (χ1n) is 4.02. The maximum atomic E-state index is 5.71. The summed E-state index contributed by atoms with van der Waals surface area (Å²) in [6, 6.07) is 7.79. The molecule has 1 heterocycles. The van der Waals surface area contributed by atoms with Crippen molar-refractivity contribution in [1.82, 2.24) is 9.55 Å². The quantitative estimate of drug-likeness (QED) is 0.750. The molecular weight excluding hydrogens is 166 g/mol. The number of benzene rings is 1. The number of nitrogen functional groups attached to an aromatic ring is 1. The van der Waals surface area contributed by atoms with Gasteiger partial charge < -0.3 is 10.5 Å². The molecule has 0 aliphatic carbocycles. The maximum Gasteiger partial charge on any atom is 0.203 e. The van der Waals surface area contributed by atoms with Crippen molar-refractivity contribution in [2.24, 2.45) is 0 Å². The monoisotopic (exact) mass is 177 g/mol. The smallest absolute Gasteiger partial charge is 0.203 e. The van der Waals surface area contributed by atoms with E-state index >= 15 is 0 Å². The number of rotatable bonds is 2. The van der Waals surface area contributed by atoms with Gasteiger partial charge in [-0.15, -0.1) is 0 Å². The molecule has 4 heteroatoms. The molecule has 0 bridgehead atoms. The highest BCUT2D eigenvalue weighted by Crippen LogP contribution is 2.16. The lowest BCUT2D eigenvalue weighted by Gasteiger charge is -2.03. The minimum Gasteiger partial charge on any atom is -0.369 e. The highest BCUT2D eigenvalue weighted by atomic mass is 16.5. The summed E-state index contributed by atoms with van der Waals surface area (Å²) in [5.74, 6) is 0.489. The fraction of sp³-hybridized carbons (Fsp3) is 0.222. The second kappa shape index (κ2) is 3.06. The molecule has 4 nitrogen and oxygen atoms in total. The number of fused-ring (bicyclic) bond motifs is 1. The van der Waals surface area contributed by atoms with Gasteiger partial charge in [0.15, 0.2) is 0 Å². The van der Waals surface area contributed by atoms with Gasteiger partial charge in [-0.3, -0.25) is 4.57 Å². The van der Waals surface area contributed by atoms with Crippen LogP contribution in [-0.4, -0.2) is 16.7 Å². The number of hydrogen-bond acceptors (Lipinski definition) is 3. The third-order valence-electron chi connectivity index (χ3n) is 1.94. The van der Waals surface area contributed by atoms with Crippen LogP contribution in [0.15, 0.2) is 24.3 Å². The lowest BCUT2D eigenvalue weighted by Crippen LogP contribution is -2.04. The lowest BCUT2D eigenvalue weighted by molar-refractivity contribution is 0.136. The zero-order valence-electron chi connectivity index (χ0n) is 7.40. The van der Waals surface area contributed by atoms with Crippen LogP contribution in [0, 0.1) is 0 Å². The van der Waals surface area contributed by atoms with Gasteiger partial charge in [0.05, 0.1) is 11.0 Å². The molecule has 0 aliphatic rings. The number of para-hydroxylation sites is 2. The summed E-state index contributed by atoms with van der Waals surface area (Å²) in [5, 5.41) is 0. The molecule has 2 N–H and O–H groups in total. The fourth-order valence-corrected chi connectivity index (χ4v) is 1.36. The van der Waals surface area contributed by atoms with Crippen LogP contribution in [0.1, 0.15) is 0 Å². The van der Waals surface area contributed by atoms with Crippen molar-refractivity contribution in [3.05, 3.63) is 24.3 Å². The molecule has 0 atom stereocenters. The number of aromatic nitrogens is 2. The van der Waals surface area contributed by atoms with Crippen molar-refractivity contribution in [2.45, 2.75) is 6.73 Å². The average Bonchev–Trinajstić information content (AvgIpc) is 2.44. The number of methoxy groups -OCH3 is 1. The van der Waals surface area contributed by atoms with Crippen molar-refractivity contribution in [2.75, 3.05) is 12.8 Å². The second-order valence-corrected chi connectivity index (χ2v) is 2.80. The van der Waals surface area contributed by atoms with Crippen molar-refractivity contribution < 1.29 is 4.74 Å². The Hall–Kier alpha value is -1.55. The molecule has 2 rings (SSSR count). The van der Waals surface area contributed by atoms with Crippen LogP contribution < -0.4 is 5.73 Å². The molecule has 0 radical (unpaired) electrons. The van der Waals surface area contributed by atoms with E-state index < -0.39 is 0 Å². The van der Waals surface area contributed by atoms with Crippen LogP contribution >= 0.6 is 0 Å². The first-order valence-corrected chi connectivity index (χ1v) is 4.02. The molecule has 68 valence electrons. The summed E-state index contributed by atoms with van der Waals surface area (Å²) in [6.07, 6.45) is 0. The highest BCUT2D eigenvalue weighted by Gasteiger charge is 2.05. The summed E-state index contributed by atoms with van der Waals surface area (Å²) >= 11 is 0. The topological polar surface area (TPSA) is 53.1 Å². The molecule has 1 aromatic heterocycles. The Kier molecular flexibility index (Phi) is 1.90. The van der Waals surface area contributed by atoms with E-state index in [1.807, 2.05) is 28.8 Å². The van der Waals surface area contributed by atoms with E-state index in [2.05, 4.69) is 4.98 Å². The lowest BCUT2D eigenvalue weighted by atomic mass is 10.3. The van der Waals surface area contributed by atoms with E-state index in [1.165, 1.54) is 0 Å². The van der Waals surface area contributed by atoms with Gasteiger partial charge in [-0.1, -0.05) is 12.1 Å². The first-order chi connectivity index (χ1) is 6.33. The SMILES string of the molecule is COCn1c(N)nc2ccccc21. The second-order valence-electron chi connectivity index (χ2n) is 2.80. The summed E-state index contributed by atoms with van der Waals surface area (Å²) in [5.41, 5.74) is 7.61. The Morgan fingerprint density at radius 2 is 2.23 bits per heavy atom. The molecule has 1 aromatic carbocycles. The summed E-state index contributed by atoms with van der Waals surface area (Å²) < 4.78 is 6.85. The van der Waals surface area contributed by atoms with Crippen molar-refractivity contribution in [3.8, 4) is 0 Å². The van der Waals surface area contributed by atoms with E-state index in [0.29, 0.717) is 12.7 Å². The number of ether oxygens (including phenoxy) is 1. The molecule has 0 saturated carbocycles. The van der Waals surface area contributed by atoms with Crippen LogP contribution in [-0.2, 0) is 11.5 Å². The van der Waals surface area contributed by atoms with Crippen LogP contribution in [0.5, 0.6) is 0 Å². The maximum absolute atomic E-state index is 5.71. The van der Waals surface area contributed by atoms with Crippen molar-refractivity contribution in [3.63, 3.8) is 0 Å². The van der Waals surface area contributed by atoms with Gasteiger partial charge in [-0.05, 0) is 12.1 Å². The molecule has 0 saturated heterocycles. The number of anilines is 1. The van der Waals surface area contributed by atoms with Gasteiger partial charge in [0, 0.05) is 7.11 Å². The summed E-state index contributed by atoms with van der Waals surface area (Å²) in [7, 11) is 1.63. The number of nitrogens with zero attached hydrogens (tertiary/aromatic N) is 2. The molecule has 0 spiro atoms. The van der Waals surface area contributed by atoms with Gasteiger partial charge in [-0.2, -0.15) is 0 Å². The van der Waals surface area contributed by atoms with Crippen LogP contribution in [0.2, 0.25) is 0 Å². The Morgan fingerprint density at radius 1 is 1.46 bits per heavy atom. The third kappa shape index (κ3) is 1.25. The molecule has 0 fully saturated rings. The normalized spacial score (nSPS) is 10.8.